The van der Waals surface area contributed by atoms with E-state index in [1.807, 2.05) is 0 Å². The number of rotatable bonds is 3. The number of alkyl halides is 2. The predicted molar refractivity (Wildman–Crippen MR) is 111 cm³/mol. The molecule has 2 heteroatoms. The van der Waals surface area contributed by atoms with E-state index >= 15 is 0 Å². The number of hydrogen-bond donors (Lipinski definition) is 0. The molecule has 0 spiro atoms. The number of halogens is 2. The Bertz CT molecular complexity index is 361. The number of fused-ring (bicyclic) bond motifs is 2. The van der Waals surface area contributed by atoms with Gasteiger partial charge in [-0.1, -0.05) is 38.5 Å². The zero-order chi connectivity index (χ0) is 17.9. The smallest absolute Gasteiger partial charge is 0.102 e. The van der Waals surface area contributed by atoms with E-state index in [0.29, 0.717) is 0 Å². The molecule has 6 atom stereocenters. The highest BCUT2D eigenvalue weighted by Gasteiger charge is 2.40. The van der Waals surface area contributed by atoms with Crippen LogP contribution >= 0.6 is 23.2 Å². The average Bonchev–Trinajstić information content (AvgIpc) is 3.15. The van der Waals surface area contributed by atoms with Gasteiger partial charge < -0.3 is 0 Å². The summed E-state index contributed by atoms with van der Waals surface area (Å²) in [6, 6.07) is 0. The molecule has 0 N–H and O–H groups in total. The molecule has 0 aromatic carbocycles. The standard InChI is InChI=1S/C20H34.C3H6Cl2/c1-3-7-19-15(5-1)9-11-17(19)13-14-18-12-10-16-6-2-4-8-20(16)18;1-3(2,4)5/h15-20H,1-14H2;1-2H3. The quantitative estimate of drug-likeness (QED) is 0.426. The van der Waals surface area contributed by atoms with Crippen LogP contribution < -0.4 is 0 Å². The van der Waals surface area contributed by atoms with E-state index in [2.05, 4.69) is 0 Å². The lowest BCUT2D eigenvalue weighted by molar-refractivity contribution is 0.187. The Kier molecular flexibility index (Phi) is 7.46. The molecular formula is C23H40Cl2. The van der Waals surface area contributed by atoms with Crippen molar-refractivity contribution >= 4 is 23.2 Å². The van der Waals surface area contributed by atoms with Crippen molar-refractivity contribution in [2.24, 2.45) is 35.5 Å². The van der Waals surface area contributed by atoms with Crippen molar-refractivity contribution in [1.82, 2.24) is 0 Å². The van der Waals surface area contributed by atoms with E-state index < -0.39 is 4.33 Å². The van der Waals surface area contributed by atoms with Gasteiger partial charge in [-0.25, -0.2) is 0 Å². The lowest BCUT2D eigenvalue weighted by Crippen LogP contribution is -2.22. The molecule has 4 fully saturated rings. The van der Waals surface area contributed by atoms with Gasteiger partial charge in [0.1, 0.15) is 4.33 Å². The summed E-state index contributed by atoms with van der Waals surface area (Å²) in [5, 5.41) is 0. The van der Waals surface area contributed by atoms with Crippen LogP contribution in [0.15, 0.2) is 0 Å². The van der Waals surface area contributed by atoms with Crippen molar-refractivity contribution in [3.8, 4) is 0 Å². The molecule has 0 heterocycles. The van der Waals surface area contributed by atoms with Crippen molar-refractivity contribution in [3.63, 3.8) is 0 Å². The fourth-order valence-electron chi connectivity index (χ4n) is 6.86. The molecule has 4 aliphatic rings. The molecule has 0 radical (unpaired) electrons. The Labute approximate surface area is 166 Å². The van der Waals surface area contributed by atoms with Gasteiger partial charge in [-0.05, 0) is 101 Å². The van der Waals surface area contributed by atoms with Crippen LogP contribution in [-0.4, -0.2) is 4.33 Å². The summed E-state index contributed by atoms with van der Waals surface area (Å²) in [5.74, 6) is 6.91. The molecule has 146 valence electrons. The minimum atomic E-state index is -0.556. The van der Waals surface area contributed by atoms with Crippen LogP contribution in [0.4, 0.5) is 0 Å². The average molecular weight is 387 g/mol. The van der Waals surface area contributed by atoms with E-state index in [0.717, 1.165) is 35.5 Å². The lowest BCUT2D eigenvalue weighted by atomic mass is 9.74. The van der Waals surface area contributed by atoms with Gasteiger partial charge in [0.15, 0.2) is 0 Å². The lowest BCUT2D eigenvalue weighted by Gasteiger charge is -2.32. The fourth-order valence-corrected chi connectivity index (χ4v) is 6.86. The van der Waals surface area contributed by atoms with Crippen molar-refractivity contribution in [1.29, 1.82) is 0 Å². The third-order valence-corrected chi connectivity index (χ3v) is 7.87. The second kappa shape index (κ2) is 9.18. The summed E-state index contributed by atoms with van der Waals surface area (Å²) in [4.78, 5) is 0. The maximum absolute atomic E-state index is 5.30. The van der Waals surface area contributed by atoms with Crippen molar-refractivity contribution in [3.05, 3.63) is 0 Å². The minimum Gasteiger partial charge on any atom is -0.102 e. The normalized spacial score (nSPS) is 40.8. The highest BCUT2D eigenvalue weighted by atomic mass is 35.5. The van der Waals surface area contributed by atoms with Crippen LogP contribution in [0.3, 0.4) is 0 Å². The van der Waals surface area contributed by atoms with Crippen molar-refractivity contribution in [2.75, 3.05) is 0 Å². The van der Waals surface area contributed by atoms with Gasteiger partial charge in [-0.2, -0.15) is 0 Å². The molecule has 0 amide bonds. The Hall–Kier alpha value is 0.580. The van der Waals surface area contributed by atoms with Gasteiger partial charge in [-0.3, -0.25) is 0 Å². The first-order valence-corrected chi connectivity index (χ1v) is 12.0. The van der Waals surface area contributed by atoms with Gasteiger partial charge in [0, 0.05) is 0 Å². The van der Waals surface area contributed by atoms with Crippen LogP contribution in [0.25, 0.3) is 0 Å². The first-order chi connectivity index (χ1) is 11.9. The molecule has 0 aromatic rings. The molecule has 0 saturated heterocycles. The maximum Gasteiger partial charge on any atom is 0.112 e. The molecule has 0 aromatic heterocycles. The van der Waals surface area contributed by atoms with Crippen LogP contribution in [0, 0.1) is 35.5 Å². The maximum atomic E-state index is 5.30. The minimum absolute atomic E-state index is 0.556. The first-order valence-electron chi connectivity index (χ1n) is 11.3. The largest absolute Gasteiger partial charge is 0.112 e. The van der Waals surface area contributed by atoms with Gasteiger partial charge in [0.2, 0.25) is 0 Å². The Morgan fingerprint density at radius 1 is 0.600 bits per heavy atom. The van der Waals surface area contributed by atoms with Crippen molar-refractivity contribution < 1.29 is 0 Å². The van der Waals surface area contributed by atoms with E-state index in [1.54, 1.807) is 104 Å². The van der Waals surface area contributed by atoms with Crippen LogP contribution in [0.5, 0.6) is 0 Å². The Morgan fingerprint density at radius 2 is 0.960 bits per heavy atom. The molecule has 0 bridgehead atoms. The Balaban J connectivity index is 0.000000324. The van der Waals surface area contributed by atoms with E-state index in [4.69, 9.17) is 23.2 Å². The zero-order valence-electron chi connectivity index (χ0n) is 16.6. The Morgan fingerprint density at radius 3 is 1.36 bits per heavy atom. The molecule has 0 aliphatic heterocycles. The van der Waals surface area contributed by atoms with Gasteiger partial charge >= 0.3 is 0 Å². The van der Waals surface area contributed by atoms with Crippen molar-refractivity contribution in [2.45, 2.75) is 108 Å². The van der Waals surface area contributed by atoms with Crippen LogP contribution in [-0.2, 0) is 0 Å². The summed E-state index contributed by atoms with van der Waals surface area (Å²) in [6.45, 7) is 3.44. The second-order valence-corrected chi connectivity index (χ2v) is 12.1. The molecule has 0 nitrogen and oxygen atoms in total. The van der Waals surface area contributed by atoms with Gasteiger partial charge in [-0.15, -0.1) is 23.2 Å². The SMILES string of the molecule is C1CCC2C(C1)CCC2CCC1CCC2CCCCC21.CC(C)(Cl)Cl. The summed E-state index contributed by atoms with van der Waals surface area (Å²) < 4.78 is -0.556. The molecular weight excluding hydrogens is 347 g/mol. The number of hydrogen-bond acceptors (Lipinski definition) is 0. The molecule has 4 rings (SSSR count). The topological polar surface area (TPSA) is 0 Å². The molecule has 25 heavy (non-hydrogen) atoms. The van der Waals surface area contributed by atoms with Crippen LogP contribution in [0.2, 0.25) is 0 Å². The van der Waals surface area contributed by atoms with E-state index in [-0.39, 0.29) is 0 Å². The third-order valence-electron chi connectivity index (χ3n) is 7.87. The molecule has 6 unspecified atom stereocenters. The van der Waals surface area contributed by atoms with Crippen LogP contribution in [0.1, 0.15) is 104 Å². The van der Waals surface area contributed by atoms with Gasteiger partial charge in [0.05, 0.1) is 0 Å². The summed E-state index contributed by atoms with van der Waals surface area (Å²) >= 11 is 10.6. The summed E-state index contributed by atoms with van der Waals surface area (Å²) in [6.07, 6.45) is 22.1. The highest BCUT2D eigenvalue weighted by Crippen LogP contribution is 2.51. The second-order valence-electron chi connectivity index (χ2n) is 10.00. The zero-order valence-corrected chi connectivity index (χ0v) is 18.1. The first kappa shape index (κ1) is 20.3. The predicted octanol–water partition coefficient (Wildman–Crippen LogP) is 8.40. The summed E-state index contributed by atoms with van der Waals surface area (Å²) in [7, 11) is 0. The fraction of sp³-hybridized carbons (Fsp3) is 1.00. The van der Waals surface area contributed by atoms with E-state index in [9.17, 15) is 0 Å². The molecule has 4 saturated carbocycles. The summed E-state index contributed by atoms with van der Waals surface area (Å²) in [5.41, 5.74) is 0. The van der Waals surface area contributed by atoms with E-state index in [1.165, 1.54) is 0 Å². The third kappa shape index (κ3) is 6.03. The van der Waals surface area contributed by atoms with Gasteiger partial charge in [0.25, 0.3) is 0 Å². The highest BCUT2D eigenvalue weighted by molar-refractivity contribution is 6.47. The molecule has 4 aliphatic carbocycles. The monoisotopic (exact) mass is 386 g/mol.